The Hall–Kier alpha value is -3.28. The Kier molecular flexibility index (Phi) is 6.35. The minimum atomic E-state index is -4.67. The van der Waals surface area contributed by atoms with Crippen molar-refractivity contribution >= 4 is 48.4 Å². The fourth-order valence-corrected chi connectivity index (χ4v) is 4.37. The van der Waals surface area contributed by atoms with Gasteiger partial charge in [-0.15, -0.1) is 0 Å². The average molecular weight is 478 g/mol. The maximum Gasteiger partial charge on any atom is 0.339 e. The Morgan fingerprint density at radius 1 is 0.938 bits per heavy atom. The molecule has 0 fully saturated rings. The van der Waals surface area contributed by atoms with E-state index in [4.69, 9.17) is 4.18 Å². The van der Waals surface area contributed by atoms with Crippen LogP contribution in [0.2, 0.25) is 0 Å². The van der Waals surface area contributed by atoms with E-state index < -0.39 is 31.0 Å². The molecule has 0 aliphatic heterocycles. The van der Waals surface area contributed by atoms with E-state index in [1.165, 1.54) is 37.3 Å². The number of hydrogen-bond donors (Lipinski definition) is 2. The SMILES string of the molecule is CC(=O)CC(=O)Nc1ccc2cc(S(=O)(=O)O)cc(OS(=O)(=O)c3ccc(C)cc3)c2c1. The summed E-state index contributed by atoms with van der Waals surface area (Å²) in [5.41, 5.74) is 1.06. The molecule has 9 nitrogen and oxygen atoms in total. The fraction of sp³-hybridized carbons (Fsp3) is 0.143. The van der Waals surface area contributed by atoms with E-state index in [0.29, 0.717) is 0 Å². The Morgan fingerprint density at radius 2 is 1.59 bits per heavy atom. The number of Topliss-reactive ketones (excluding diaryl/α,β-unsaturated/α-hetero) is 1. The number of benzene rings is 3. The first-order valence-electron chi connectivity index (χ1n) is 9.21. The molecule has 0 saturated carbocycles. The number of rotatable bonds is 7. The Bertz CT molecular complexity index is 1430. The Balaban J connectivity index is 2.12. The maximum atomic E-state index is 12.8. The molecule has 3 aromatic carbocycles. The second-order valence-corrected chi connectivity index (χ2v) is 10.1. The molecule has 0 bridgehead atoms. The first-order valence-corrected chi connectivity index (χ1v) is 12.1. The number of fused-ring (bicyclic) bond motifs is 1. The summed E-state index contributed by atoms with van der Waals surface area (Å²) in [5, 5.41) is 2.90. The summed E-state index contributed by atoms with van der Waals surface area (Å²) in [5.74, 6) is -1.27. The molecular formula is C21H19NO8S2. The van der Waals surface area contributed by atoms with Crippen LogP contribution in [0, 0.1) is 6.92 Å². The summed E-state index contributed by atoms with van der Waals surface area (Å²) in [6.07, 6.45) is -0.342. The van der Waals surface area contributed by atoms with E-state index in [1.54, 1.807) is 19.1 Å². The summed E-state index contributed by atoms with van der Waals surface area (Å²) in [7, 11) is -9.01. The monoisotopic (exact) mass is 477 g/mol. The van der Waals surface area contributed by atoms with E-state index in [-0.39, 0.29) is 39.3 Å². The second-order valence-electron chi connectivity index (χ2n) is 7.11. The number of nitrogens with one attached hydrogen (secondary N) is 1. The van der Waals surface area contributed by atoms with Crippen LogP contribution < -0.4 is 9.50 Å². The van der Waals surface area contributed by atoms with Gasteiger partial charge in [0, 0.05) is 17.1 Å². The molecule has 2 N–H and O–H groups in total. The molecular weight excluding hydrogens is 458 g/mol. The zero-order chi connectivity index (χ0) is 23.7. The smallest absolute Gasteiger partial charge is 0.339 e. The molecule has 0 aromatic heterocycles. The number of ketones is 1. The third-order valence-corrected chi connectivity index (χ3v) is 6.47. The summed E-state index contributed by atoms with van der Waals surface area (Å²) in [6.45, 7) is 3.04. The van der Waals surface area contributed by atoms with Crippen LogP contribution in [-0.4, -0.2) is 33.1 Å². The molecule has 0 radical (unpaired) electrons. The zero-order valence-corrected chi connectivity index (χ0v) is 18.7. The molecule has 0 spiro atoms. The lowest BCUT2D eigenvalue weighted by molar-refractivity contribution is -0.124. The first-order chi connectivity index (χ1) is 14.8. The standard InChI is InChI=1S/C21H19NO8S2/c1-13-3-7-17(8-4-13)32(28,29)30-20-12-18(31(25,26)27)10-15-5-6-16(11-19(15)20)22-21(24)9-14(2)23/h3-8,10-12H,9H2,1-2H3,(H,22,24)(H,25,26,27). The van der Waals surface area contributed by atoms with E-state index in [1.807, 2.05) is 0 Å². The molecule has 0 aliphatic carbocycles. The molecule has 0 saturated heterocycles. The number of amides is 1. The van der Waals surface area contributed by atoms with Crippen molar-refractivity contribution in [3.05, 3.63) is 60.2 Å². The van der Waals surface area contributed by atoms with Crippen molar-refractivity contribution in [2.45, 2.75) is 30.1 Å². The van der Waals surface area contributed by atoms with Gasteiger partial charge in [-0.25, -0.2) is 0 Å². The third-order valence-electron chi connectivity index (χ3n) is 4.39. The molecule has 1 amide bonds. The van der Waals surface area contributed by atoms with Gasteiger partial charge in [0.1, 0.15) is 10.7 Å². The van der Waals surface area contributed by atoms with Crippen molar-refractivity contribution < 1.29 is 35.2 Å². The van der Waals surface area contributed by atoms with Crippen LogP contribution in [0.5, 0.6) is 5.75 Å². The van der Waals surface area contributed by atoms with E-state index >= 15 is 0 Å². The number of hydrogen-bond acceptors (Lipinski definition) is 7. The van der Waals surface area contributed by atoms with Crippen LogP contribution in [0.3, 0.4) is 0 Å². The second kappa shape index (κ2) is 8.69. The van der Waals surface area contributed by atoms with Gasteiger partial charge >= 0.3 is 10.1 Å². The van der Waals surface area contributed by atoms with Crippen LogP contribution in [-0.2, 0) is 29.8 Å². The first kappa shape index (κ1) is 23.4. The molecule has 168 valence electrons. The van der Waals surface area contributed by atoms with Crippen LogP contribution >= 0.6 is 0 Å². The number of carbonyl (C=O) groups excluding carboxylic acids is 2. The van der Waals surface area contributed by atoms with Crippen molar-refractivity contribution in [1.82, 2.24) is 0 Å². The molecule has 0 atom stereocenters. The predicted octanol–water partition coefficient (Wildman–Crippen LogP) is 3.08. The van der Waals surface area contributed by atoms with Gasteiger partial charge in [-0.1, -0.05) is 23.8 Å². The highest BCUT2D eigenvalue weighted by Gasteiger charge is 2.21. The van der Waals surface area contributed by atoms with Crippen LogP contribution in [0.15, 0.2) is 64.4 Å². The number of carbonyl (C=O) groups is 2. The maximum absolute atomic E-state index is 12.8. The summed E-state index contributed by atoms with van der Waals surface area (Å²) in [6, 6.07) is 12.1. The van der Waals surface area contributed by atoms with Crippen molar-refractivity contribution in [3.63, 3.8) is 0 Å². The summed E-state index contributed by atoms with van der Waals surface area (Å²) >= 11 is 0. The molecule has 11 heteroatoms. The van der Waals surface area contributed by atoms with Gasteiger partial charge < -0.3 is 9.50 Å². The van der Waals surface area contributed by atoms with Crippen molar-refractivity contribution in [2.75, 3.05) is 5.32 Å². The van der Waals surface area contributed by atoms with Crippen molar-refractivity contribution in [1.29, 1.82) is 0 Å². The lowest BCUT2D eigenvalue weighted by atomic mass is 10.1. The fourth-order valence-electron chi connectivity index (χ4n) is 2.90. The van der Waals surface area contributed by atoms with Gasteiger partial charge in [0.15, 0.2) is 5.75 Å². The summed E-state index contributed by atoms with van der Waals surface area (Å²) < 4.78 is 63.6. The lowest BCUT2D eigenvalue weighted by Crippen LogP contribution is -2.14. The molecule has 3 aromatic rings. The van der Waals surface area contributed by atoms with Crippen LogP contribution in [0.1, 0.15) is 18.9 Å². The van der Waals surface area contributed by atoms with Crippen molar-refractivity contribution in [2.24, 2.45) is 0 Å². The quantitative estimate of drug-likeness (QED) is 0.300. The lowest BCUT2D eigenvalue weighted by Gasteiger charge is -2.13. The molecule has 0 unspecified atom stereocenters. The molecule has 3 rings (SSSR count). The highest BCUT2D eigenvalue weighted by Crippen LogP contribution is 2.34. The third kappa shape index (κ3) is 5.49. The van der Waals surface area contributed by atoms with Gasteiger partial charge in [0.2, 0.25) is 5.91 Å². The van der Waals surface area contributed by atoms with E-state index in [9.17, 15) is 31.0 Å². The molecule has 32 heavy (non-hydrogen) atoms. The Labute approximate surface area is 184 Å². The van der Waals surface area contributed by atoms with Gasteiger partial charge in [0.25, 0.3) is 10.1 Å². The average Bonchev–Trinajstić information content (AvgIpc) is 2.66. The highest BCUT2D eigenvalue weighted by atomic mass is 32.2. The van der Waals surface area contributed by atoms with Gasteiger partial charge in [0.05, 0.1) is 11.3 Å². The molecule has 0 heterocycles. The van der Waals surface area contributed by atoms with E-state index in [0.717, 1.165) is 17.7 Å². The predicted molar refractivity (Wildman–Crippen MR) is 117 cm³/mol. The van der Waals surface area contributed by atoms with Crippen LogP contribution in [0.4, 0.5) is 5.69 Å². The van der Waals surface area contributed by atoms with Crippen LogP contribution in [0.25, 0.3) is 10.8 Å². The minimum absolute atomic E-state index is 0.153. The highest BCUT2D eigenvalue weighted by molar-refractivity contribution is 7.87. The van der Waals surface area contributed by atoms with Gasteiger partial charge in [-0.05, 0) is 49.6 Å². The molecule has 0 aliphatic rings. The minimum Gasteiger partial charge on any atom is -0.378 e. The largest absolute Gasteiger partial charge is 0.378 e. The number of aryl methyl sites for hydroxylation is 1. The normalized spacial score (nSPS) is 11.8. The summed E-state index contributed by atoms with van der Waals surface area (Å²) in [4.78, 5) is 22.3. The van der Waals surface area contributed by atoms with E-state index in [2.05, 4.69) is 5.32 Å². The van der Waals surface area contributed by atoms with Crippen molar-refractivity contribution in [3.8, 4) is 5.75 Å². The Morgan fingerprint density at radius 3 is 2.19 bits per heavy atom. The zero-order valence-electron chi connectivity index (χ0n) is 17.0. The van der Waals surface area contributed by atoms with Gasteiger partial charge in [-0.3, -0.25) is 14.1 Å². The topological polar surface area (TPSA) is 144 Å². The van der Waals surface area contributed by atoms with Gasteiger partial charge in [-0.2, -0.15) is 16.8 Å². The number of anilines is 1.